The fraction of sp³-hybridized carbons (Fsp3) is 0.412. The van der Waals surface area contributed by atoms with E-state index >= 15 is 0 Å². The Balaban J connectivity index is 2.56. The molecule has 0 fully saturated rings. The van der Waals surface area contributed by atoms with Gasteiger partial charge < -0.3 is 14.5 Å². The lowest BCUT2D eigenvalue weighted by Gasteiger charge is -2.22. The third kappa shape index (κ3) is 2.59. The van der Waals surface area contributed by atoms with Gasteiger partial charge in [0.1, 0.15) is 11.5 Å². The molecule has 1 heterocycles. The van der Waals surface area contributed by atoms with Gasteiger partial charge in [-0.3, -0.25) is 0 Å². The summed E-state index contributed by atoms with van der Waals surface area (Å²) in [5.41, 5.74) is 4.74. The summed E-state index contributed by atoms with van der Waals surface area (Å²) in [6, 6.07) is 6.40. The van der Waals surface area contributed by atoms with Gasteiger partial charge >= 0.3 is 0 Å². The Morgan fingerprint density at radius 3 is 2.45 bits per heavy atom. The molecule has 0 bridgehead atoms. The molecule has 0 amide bonds. The number of rotatable bonds is 5. The van der Waals surface area contributed by atoms with Crippen molar-refractivity contribution in [1.82, 2.24) is 5.32 Å². The molecule has 0 saturated carbocycles. The molecule has 3 heteroatoms. The number of ether oxygens (including phenoxy) is 1. The highest BCUT2D eigenvalue weighted by Gasteiger charge is 2.22. The normalized spacial score (nSPS) is 12.4. The van der Waals surface area contributed by atoms with Gasteiger partial charge in [0.15, 0.2) is 0 Å². The Labute approximate surface area is 121 Å². The van der Waals surface area contributed by atoms with Crippen LogP contribution in [0, 0.1) is 20.8 Å². The minimum Gasteiger partial charge on any atom is -0.496 e. The minimum absolute atomic E-state index is 0.0907. The van der Waals surface area contributed by atoms with E-state index in [1.807, 2.05) is 13.0 Å². The van der Waals surface area contributed by atoms with E-state index in [9.17, 15) is 0 Å². The van der Waals surface area contributed by atoms with Crippen LogP contribution in [0.4, 0.5) is 0 Å². The SMILES string of the molecule is CCNC(c1ccoc1C)c1ccc(C)c(C)c1OC. The smallest absolute Gasteiger partial charge is 0.127 e. The molecule has 0 aliphatic rings. The first-order valence-corrected chi connectivity index (χ1v) is 7.01. The van der Waals surface area contributed by atoms with E-state index in [0.29, 0.717) is 0 Å². The fourth-order valence-electron chi connectivity index (χ4n) is 2.60. The zero-order valence-electron chi connectivity index (χ0n) is 12.9. The molecule has 0 aliphatic heterocycles. The van der Waals surface area contributed by atoms with E-state index in [4.69, 9.17) is 9.15 Å². The highest BCUT2D eigenvalue weighted by atomic mass is 16.5. The van der Waals surface area contributed by atoms with Crippen molar-refractivity contribution in [2.75, 3.05) is 13.7 Å². The lowest BCUT2D eigenvalue weighted by Crippen LogP contribution is -2.23. The molecule has 0 aliphatic carbocycles. The van der Waals surface area contributed by atoms with Crippen molar-refractivity contribution < 1.29 is 9.15 Å². The summed E-state index contributed by atoms with van der Waals surface area (Å²) in [4.78, 5) is 0. The van der Waals surface area contributed by atoms with E-state index in [1.165, 1.54) is 11.1 Å². The molecule has 2 rings (SSSR count). The van der Waals surface area contributed by atoms with Crippen molar-refractivity contribution in [2.45, 2.75) is 33.7 Å². The highest BCUT2D eigenvalue weighted by molar-refractivity contribution is 5.49. The number of hydrogen-bond acceptors (Lipinski definition) is 3. The van der Waals surface area contributed by atoms with Crippen molar-refractivity contribution in [3.05, 3.63) is 52.5 Å². The molecule has 2 aromatic rings. The van der Waals surface area contributed by atoms with Gasteiger partial charge in [-0.15, -0.1) is 0 Å². The summed E-state index contributed by atoms with van der Waals surface area (Å²) in [6.45, 7) is 9.18. The van der Waals surface area contributed by atoms with Crippen LogP contribution in [0.3, 0.4) is 0 Å². The average Bonchev–Trinajstić information content (AvgIpc) is 2.85. The summed E-state index contributed by atoms with van der Waals surface area (Å²) >= 11 is 0. The predicted octanol–water partition coefficient (Wildman–Crippen LogP) is 3.91. The highest BCUT2D eigenvalue weighted by Crippen LogP contribution is 2.35. The molecule has 108 valence electrons. The summed E-state index contributed by atoms with van der Waals surface area (Å²) in [5.74, 6) is 1.90. The van der Waals surface area contributed by atoms with E-state index < -0.39 is 0 Å². The topological polar surface area (TPSA) is 34.4 Å². The molecule has 1 N–H and O–H groups in total. The molecule has 1 atom stereocenters. The molecule has 0 spiro atoms. The standard InChI is InChI=1S/C17H23NO2/c1-6-18-16(14-9-10-20-13(14)4)15-8-7-11(2)12(3)17(15)19-5/h7-10,16,18H,6H2,1-5H3. The van der Waals surface area contributed by atoms with Crippen LogP contribution in [-0.2, 0) is 0 Å². The van der Waals surface area contributed by atoms with Gasteiger partial charge in [0, 0.05) is 11.1 Å². The third-order valence-electron chi connectivity index (χ3n) is 3.84. The Hall–Kier alpha value is -1.74. The summed E-state index contributed by atoms with van der Waals surface area (Å²) in [7, 11) is 1.73. The van der Waals surface area contributed by atoms with Crippen LogP contribution < -0.4 is 10.1 Å². The van der Waals surface area contributed by atoms with Crippen molar-refractivity contribution in [1.29, 1.82) is 0 Å². The predicted molar refractivity (Wildman–Crippen MR) is 81.4 cm³/mol. The van der Waals surface area contributed by atoms with Crippen LogP contribution in [0.5, 0.6) is 5.75 Å². The number of furan rings is 1. The largest absolute Gasteiger partial charge is 0.496 e. The first kappa shape index (κ1) is 14.7. The number of hydrogen-bond donors (Lipinski definition) is 1. The first-order chi connectivity index (χ1) is 9.60. The second-order valence-corrected chi connectivity index (χ2v) is 5.05. The molecule has 1 aromatic heterocycles. The van der Waals surface area contributed by atoms with Gasteiger partial charge in [-0.05, 0) is 44.5 Å². The molecule has 20 heavy (non-hydrogen) atoms. The molecule has 0 saturated heterocycles. The van der Waals surface area contributed by atoms with E-state index in [2.05, 4.69) is 38.2 Å². The van der Waals surface area contributed by atoms with Gasteiger partial charge in [0.25, 0.3) is 0 Å². The summed E-state index contributed by atoms with van der Waals surface area (Å²) < 4.78 is 11.1. The second kappa shape index (κ2) is 6.14. The van der Waals surface area contributed by atoms with Crippen molar-refractivity contribution in [3.8, 4) is 5.75 Å². The number of nitrogens with one attached hydrogen (secondary N) is 1. The maximum absolute atomic E-state index is 5.65. The van der Waals surface area contributed by atoms with Crippen LogP contribution in [0.25, 0.3) is 0 Å². The van der Waals surface area contributed by atoms with Gasteiger partial charge in [0.05, 0.1) is 19.4 Å². The van der Waals surface area contributed by atoms with Crippen LogP contribution in [-0.4, -0.2) is 13.7 Å². The van der Waals surface area contributed by atoms with Crippen molar-refractivity contribution in [3.63, 3.8) is 0 Å². The van der Waals surface area contributed by atoms with Crippen LogP contribution in [0.15, 0.2) is 28.9 Å². The molecular formula is C17H23NO2. The second-order valence-electron chi connectivity index (χ2n) is 5.05. The zero-order chi connectivity index (χ0) is 14.7. The first-order valence-electron chi connectivity index (χ1n) is 7.01. The van der Waals surface area contributed by atoms with Crippen molar-refractivity contribution in [2.24, 2.45) is 0 Å². The molecule has 3 nitrogen and oxygen atoms in total. The van der Waals surface area contributed by atoms with Crippen molar-refractivity contribution >= 4 is 0 Å². The van der Waals surface area contributed by atoms with Gasteiger partial charge in [-0.25, -0.2) is 0 Å². The van der Waals surface area contributed by atoms with Gasteiger partial charge in [-0.1, -0.05) is 19.1 Å². The molecule has 0 radical (unpaired) electrons. The Morgan fingerprint density at radius 2 is 1.90 bits per heavy atom. The number of aryl methyl sites for hydroxylation is 2. The molecule has 1 aromatic carbocycles. The van der Waals surface area contributed by atoms with E-state index in [0.717, 1.165) is 29.2 Å². The molecule has 1 unspecified atom stereocenters. The monoisotopic (exact) mass is 273 g/mol. The lowest BCUT2D eigenvalue weighted by molar-refractivity contribution is 0.400. The summed E-state index contributed by atoms with van der Waals surface area (Å²) in [6.07, 6.45) is 1.74. The van der Waals surface area contributed by atoms with E-state index in [1.54, 1.807) is 13.4 Å². The Bertz CT molecular complexity index is 587. The number of methoxy groups -OCH3 is 1. The maximum atomic E-state index is 5.65. The van der Waals surface area contributed by atoms with Gasteiger partial charge in [-0.2, -0.15) is 0 Å². The fourth-order valence-corrected chi connectivity index (χ4v) is 2.60. The lowest BCUT2D eigenvalue weighted by atomic mass is 9.94. The van der Waals surface area contributed by atoms with Crippen LogP contribution in [0.1, 0.15) is 41.0 Å². The van der Waals surface area contributed by atoms with Crippen LogP contribution in [0.2, 0.25) is 0 Å². The Morgan fingerprint density at radius 1 is 1.15 bits per heavy atom. The molecular weight excluding hydrogens is 250 g/mol. The van der Waals surface area contributed by atoms with Crippen LogP contribution >= 0.6 is 0 Å². The maximum Gasteiger partial charge on any atom is 0.127 e. The quantitative estimate of drug-likeness (QED) is 0.896. The third-order valence-corrected chi connectivity index (χ3v) is 3.84. The number of benzene rings is 1. The summed E-state index contributed by atoms with van der Waals surface area (Å²) in [5, 5.41) is 3.52. The minimum atomic E-state index is 0.0907. The average molecular weight is 273 g/mol. The zero-order valence-corrected chi connectivity index (χ0v) is 12.9. The van der Waals surface area contributed by atoms with Gasteiger partial charge in [0.2, 0.25) is 0 Å². The Kier molecular flexibility index (Phi) is 4.50. The van der Waals surface area contributed by atoms with E-state index in [-0.39, 0.29) is 6.04 Å².